The first-order valence-corrected chi connectivity index (χ1v) is 9.93. The average molecular weight is 442 g/mol. The molecule has 4 rings (SSSR count). The van der Waals surface area contributed by atoms with E-state index in [0.29, 0.717) is 17.1 Å². The van der Waals surface area contributed by atoms with E-state index >= 15 is 0 Å². The van der Waals surface area contributed by atoms with Crippen LogP contribution in [0.3, 0.4) is 0 Å². The Balaban J connectivity index is 1.50. The number of amides is 3. The Morgan fingerprint density at radius 3 is 2.48 bits per heavy atom. The first-order chi connectivity index (χ1) is 14.8. The van der Waals surface area contributed by atoms with Crippen molar-refractivity contribution in [2.24, 2.45) is 10.3 Å². The molecule has 0 spiro atoms. The van der Waals surface area contributed by atoms with E-state index < -0.39 is 23.9 Å². The minimum atomic E-state index is -0.998. The minimum Gasteiger partial charge on any atom is -0.495 e. The molecule has 2 aliphatic heterocycles. The van der Waals surface area contributed by atoms with Gasteiger partial charge >= 0.3 is 0 Å². The lowest BCUT2D eigenvalue weighted by atomic mass is 10.1. The summed E-state index contributed by atoms with van der Waals surface area (Å²) in [7, 11) is 1.47. The molecule has 9 nitrogen and oxygen atoms in total. The number of hydrogen-bond donors (Lipinski definition) is 1. The van der Waals surface area contributed by atoms with E-state index in [1.54, 1.807) is 12.1 Å². The van der Waals surface area contributed by atoms with Crippen LogP contribution in [-0.2, 0) is 14.4 Å². The number of methoxy groups -OCH3 is 1. The third kappa shape index (κ3) is 3.84. The third-order valence-electron chi connectivity index (χ3n) is 5.06. The molecule has 2 unspecified atom stereocenters. The van der Waals surface area contributed by atoms with Gasteiger partial charge in [-0.25, -0.2) is 4.90 Å². The fourth-order valence-corrected chi connectivity index (χ4v) is 4.05. The molecular formula is C21H20ClN5O4. The van der Waals surface area contributed by atoms with Crippen molar-refractivity contribution in [3.63, 3.8) is 0 Å². The van der Waals surface area contributed by atoms with Crippen molar-refractivity contribution in [3.05, 3.63) is 52.5 Å². The Kier molecular flexibility index (Phi) is 5.36. The summed E-state index contributed by atoms with van der Waals surface area (Å²) in [4.78, 5) is 39.4. The van der Waals surface area contributed by atoms with Gasteiger partial charge in [-0.15, -0.1) is 0 Å². The Bertz CT molecular complexity index is 1100. The number of rotatable bonds is 5. The van der Waals surface area contributed by atoms with Crippen molar-refractivity contribution < 1.29 is 19.1 Å². The molecule has 1 saturated heterocycles. The van der Waals surface area contributed by atoms with Gasteiger partial charge in [0.15, 0.2) is 12.1 Å². The molecule has 2 aromatic carbocycles. The van der Waals surface area contributed by atoms with Gasteiger partial charge in [0.1, 0.15) is 12.3 Å². The van der Waals surface area contributed by atoms with Crippen molar-refractivity contribution >= 4 is 40.7 Å². The van der Waals surface area contributed by atoms with Crippen LogP contribution in [0.4, 0.5) is 11.4 Å². The molecule has 160 valence electrons. The molecule has 1 fully saturated rings. The predicted octanol–water partition coefficient (Wildman–Crippen LogP) is 2.90. The highest BCUT2D eigenvalue weighted by Gasteiger charge is 2.55. The first-order valence-electron chi connectivity index (χ1n) is 9.55. The summed E-state index contributed by atoms with van der Waals surface area (Å²) in [6.45, 7) is 3.66. The zero-order chi connectivity index (χ0) is 22.3. The molecule has 0 bridgehead atoms. The van der Waals surface area contributed by atoms with Gasteiger partial charge in [-0.2, -0.15) is 5.11 Å². The van der Waals surface area contributed by atoms with Gasteiger partial charge < -0.3 is 10.1 Å². The summed E-state index contributed by atoms with van der Waals surface area (Å²) in [6.07, 6.45) is 0. The standard InChI is InChI=1S/C21H20ClN5O4/c1-11-6-12(2)8-13(7-11)23-17(28)10-26-19-18(24-25-26)20(29)27(21(19)30)14-4-5-16(31-3)15(22)9-14/h4-9,18-19H,10H2,1-3H3,(H,23,28). The lowest BCUT2D eigenvalue weighted by molar-refractivity contribution is -0.123. The molecule has 0 saturated carbocycles. The second-order valence-corrected chi connectivity index (χ2v) is 7.85. The fraction of sp³-hybridized carbons (Fsp3) is 0.286. The average Bonchev–Trinajstić information content (AvgIpc) is 3.20. The second kappa shape index (κ2) is 7.99. The van der Waals surface area contributed by atoms with E-state index in [4.69, 9.17) is 16.3 Å². The molecule has 2 aliphatic rings. The molecule has 2 atom stereocenters. The molecule has 31 heavy (non-hydrogen) atoms. The van der Waals surface area contributed by atoms with Crippen LogP contribution in [0.15, 0.2) is 46.7 Å². The van der Waals surface area contributed by atoms with Crippen molar-refractivity contribution in [3.8, 4) is 5.75 Å². The highest BCUT2D eigenvalue weighted by atomic mass is 35.5. The number of carbonyl (C=O) groups excluding carboxylic acids is 3. The number of fused-ring (bicyclic) bond motifs is 1. The number of anilines is 2. The van der Waals surface area contributed by atoms with Crippen LogP contribution >= 0.6 is 11.6 Å². The Morgan fingerprint density at radius 2 is 1.84 bits per heavy atom. The number of nitrogens with one attached hydrogen (secondary N) is 1. The number of halogens is 1. The number of nitrogens with zero attached hydrogens (tertiary/aromatic N) is 4. The molecule has 10 heteroatoms. The van der Waals surface area contributed by atoms with E-state index in [2.05, 4.69) is 15.7 Å². The van der Waals surface area contributed by atoms with Gasteiger partial charge in [-0.3, -0.25) is 19.4 Å². The molecule has 0 aromatic heterocycles. The van der Waals surface area contributed by atoms with Crippen LogP contribution in [0.25, 0.3) is 0 Å². The Labute approximate surface area is 183 Å². The van der Waals surface area contributed by atoms with Crippen LogP contribution in [-0.4, -0.2) is 48.5 Å². The van der Waals surface area contributed by atoms with Crippen LogP contribution in [0.1, 0.15) is 11.1 Å². The molecule has 3 amide bonds. The molecular weight excluding hydrogens is 422 g/mol. The largest absolute Gasteiger partial charge is 0.495 e. The maximum Gasteiger partial charge on any atom is 0.263 e. The molecule has 0 radical (unpaired) electrons. The summed E-state index contributed by atoms with van der Waals surface area (Å²) in [5.41, 5.74) is 2.99. The highest BCUT2D eigenvalue weighted by Crippen LogP contribution is 2.35. The zero-order valence-corrected chi connectivity index (χ0v) is 17.9. The van der Waals surface area contributed by atoms with Crippen molar-refractivity contribution in [1.29, 1.82) is 0 Å². The number of ether oxygens (including phenoxy) is 1. The minimum absolute atomic E-state index is 0.214. The van der Waals surface area contributed by atoms with E-state index in [1.807, 2.05) is 32.0 Å². The van der Waals surface area contributed by atoms with Crippen LogP contribution in [0, 0.1) is 13.8 Å². The fourth-order valence-electron chi connectivity index (χ4n) is 3.80. The van der Waals surface area contributed by atoms with E-state index in [-0.39, 0.29) is 17.5 Å². The lowest BCUT2D eigenvalue weighted by Gasteiger charge is -2.20. The van der Waals surface area contributed by atoms with Gasteiger partial charge in [0.25, 0.3) is 11.8 Å². The summed E-state index contributed by atoms with van der Waals surface area (Å²) in [5, 5.41) is 12.1. The van der Waals surface area contributed by atoms with Gasteiger partial charge in [-0.05, 0) is 55.3 Å². The van der Waals surface area contributed by atoms with Crippen molar-refractivity contribution in [2.45, 2.75) is 25.9 Å². The SMILES string of the molecule is COc1ccc(N2C(=O)C3N=NN(CC(=O)Nc4cc(C)cc(C)c4)C3C2=O)cc1Cl. The summed E-state index contributed by atoms with van der Waals surface area (Å²) < 4.78 is 5.11. The molecule has 2 heterocycles. The summed E-state index contributed by atoms with van der Waals surface area (Å²) in [6, 6.07) is 8.33. The number of benzene rings is 2. The molecule has 1 N–H and O–H groups in total. The quantitative estimate of drug-likeness (QED) is 0.718. The van der Waals surface area contributed by atoms with Crippen molar-refractivity contribution in [2.75, 3.05) is 23.9 Å². The third-order valence-corrected chi connectivity index (χ3v) is 5.36. The van der Waals surface area contributed by atoms with Crippen molar-refractivity contribution in [1.82, 2.24) is 5.01 Å². The maximum absolute atomic E-state index is 13.0. The van der Waals surface area contributed by atoms with Crippen LogP contribution in [0.5, 0.6) is 5.75 Å². The second-order valence-electron chi connectivity index (χ2n) is 7.45. The Hall–Kier alpha value is -3.46. The van der Waals surface area contributed by atoms with Crippen LogP contribution in [0.2, 0.25) is 5.02 Å². The number of carbonyl (C=O) groups is 3. The van der Waals surface area contributed by atoms with E-state index in [1.165, 1.54) is 18.2 Å². The Morgan fingerprint density at radius 1 is 1.13 bits per heavy atom. The van der Waals surface area contributed by atoms with Gasteiger partial charge in [-0.1, -0.05) is 22.9 Å². The number of hydrogen-bond acceptors (Lipinski definition) is 7. The van der Waals surface area contributed by atoms with Gasteiger partial charge in [0, 0.05) is 5.69 Å². The van der Waals surface area contributed by atoms with Gasteiger partial charge in [0.05, 0.1) is 17.8 Å². The maximum atomic E-state index is 13.0. The highest BCUT2D eigenvalue weighted by molar-refractivity contribution is 6.33. The smallest absolute Gasteiger partial charge is 0.263 e. The topological polar surface area (TPSA) is 104 Å². The molecule has 2 aromatic rings. The van der Waals surface area contributed by atoms with E-state index in [0.717, 1.165) is 16.0 Å². The van der Waals surface area contributed by atoms with Gasteiger partial charge in [0.2, 0.25) is 5.91 Å². The monoisotopic (exact) mass is 441 g/mol. The summed E-state index contributed by atoms with van der Waals surface area (Å²) >= 11 is 6.14. The lowest BCUT2D eigenvalue weighted by Crippen LogP contribution is -2.43. The van der Waals surface area contributed by atoms with Crippen LogP contribution < -0.4 is 15.0 Å². The zero-order valence-electron chi connectivity index (χ0n) is 17.1. The first kappa shape index (κ1) is 20.8. The predicted molar refractivity (Wildman–Crippen MR) is 114 cm³/mol. The normalized spacial score (nSPS) is 19.7. The molecule has 0 aliphatic carbocycles. The van der Waals surface area contributed by atoms with E-state index in [9.17, 15) is 14.4 Å². The number of aryl methyl sites for hydroxylation is 2. The number of imide groups is 1. The summed E-state index contributed by atoms with van der Waals surface area (Å²) in [5.74, 6) is -0.970.